The van der Waals surface area contributed by atoms with Gasteiger partial charge in [0.25, 0.3) is 0 Å². The SMILES string of the molecule is Cc1cc(/C(=C\C=O)N2CCN(Cc3ccc(COc4ccc(Cl)cc4)cc3)CC2)cc(Cl)c1Oc1ccc(OCc2ccccc2Cl)cn1. The van der Waals surface area contributed by atoms with Gasteiger partial charge in [0.1, 0.15) is 31.0 Å². The van der Waals surface area contributed by atoms with E-state index in [1.807, 2.05) is 67.6 Å². The van der Waals surface area contributed by atoms with Gasteiger partial charge in [-0.05, 0) is 77.7 Å². The maximum atomic E-state index is 11.7. The molecule has 5 aromatic rings. The number of rotatable bonds is 13. The molecule has 10 heteroatoms. The Bertz CT molecular complexity index is 1900. The first-order valence-corrected chi connectivity index (χ1v) is 17.4. The van der Waals surface area contributed by atoms with E-state index in [0.717, 1.165) is 72.7 Å². The van der Waals surface area contributed by atoms with Gasteiger partial charge in [0, 0.05) is 66.2 Å². The molecule has 0 aliphatic carbocycles. The zero-order chi connectivity index (χ0) is 34.9. The van der Waals surface area contributed by atoms with Gasteiger partial charge in [-0.2, -0.15) is 0 Å². The summed E-state index contributed by atoms with van der Waals surface area (Å²) in [6.07, 6.45) is 4.03. The number of ether oxygens (including phenoxy) is 3. The van der Waals surface area contributed by atoms with Crippen molar-refractivity contribution in [1.29, 1.82) is 0 Å². The van der Waals surface area contributed by atoms with E-state index in [1.165, 1.54) is 5.56 Å². The van der Waals surface area contributed by atoms with Crippen LogP contribution in [-0.2, 0) is 24.6 Å². The maximum absolute atomic E-state index is 11.7. The highest BCUT2D eigenvalue weighted by molar-refractivity contribution is 6.32. The van der Waals surface area contributed by atoms with Crippen LogP contribution in [0.4, 0.5) is 0 Å². The standard InChI is InChI=1S/C40H36Cl3N3O4/c1-28-22-32(23-37(43)40(28)50-39-15-14-35(24-44-39)49-27-31-4-2-3-5-36(31)42)38(16-21-47)46-19-17-45(18-20-46)25-29-6-8-30(9-7-29)26-48-34-12-10-33(41)11-13-34/h2-16,21-24H,17-20,25-27H2,1H3/b38-16+. The van der Waals surface area contributed by atoms with Crippen molar-refractivity contribution < 1.29 is 19.0 Å². The van der Waals surface area contributed by atoms with Crippen LogP contribution in [0.25, 0.3) is 5.70 Å². The largest absolute Gasteiger partial charge is 0.489 e. The fourth-order valence-corrected chi connectivity index (χ4v) is 6.32. The quantitative estimate of drug-likeness (QED) is 0.0884. The number of aromatic nitrogens is 1. The molecule has 1 aliphatic rings. The Hall–Kier alpha value is -4.53. The molecule has 7 nitrogen and oxygen atoms in total. The van der Waals surface area contributed by atoms with Crippen molar-refractivity contribution in [1.82, 2.24) is 14.8 Å². The Kier molecular flexibility index (Phi) is 11.9. The molecular formula is C40H36Cl3N3O4. The molecule has 0 N–H and O–H groups in total. The molecule has 0 saturated carbocycles. The number of hydrogen-bond donors (Lipinski definition) is 0. The molecule has 0 radical (unpaired) electrons. The van der Waals surface area contributed by atoms with E-state index < -0.39 is 0 Å². The third-order valence-corrected chi connectivity index (χ3v) is 9.28. The third kappa shape index (κ3) is 9.37. The summed E-state index contributed by atoms with van der Waals surface area (Å²) in [4.78, 5) is 20.8. The van der Waals surface area contributed by atoms with E-state index in [0.29, 0.717) is 45.7 Å². The predicted molar refractivity (Wildman–Crippen MR) is 199 cm³/mol. The van der Waals surface area contributed by atoms with Gasteiger partial charge in [-0.25, -0.2) is 4.98 Å². The molecule has 0 unspecified atom stereocenters. The number of hydrogen-bond acceptors (Lipinski definition) is 7. The highest BCUT2D eigenvalue weighted by Crippen LogP contribution is 2.36. The summed E-state index contributed by atoms with van der Waals surface area (Å²) in [5, 5.41) is 1.77. The van der Waals surface area contributed by atoms with Gasteiger partial charge in [0.2, 0.25) is 5.88 Å². The van der Waals surface area contributed by atoms with Crippen LogP contribution in [0.5, 0.6) is 23.1 Å². The summed E-state index contributed by atoms with van der Waals surface area (Å²) in [6.45, 7) is 6.86. The number of piperazine rings is 1. The number of carbonyl (C=O) groups excluding carboxylic acids is 1. The molecule has 50 heavy (non-hydrogen) atoms. The number of halogens is 3. The highest BCUT2D eigenvalue weighted by Gasteiger charge is 2.22. The molecule has 1 fully saturated rings. The molecule has 4 aromatic carbocycles. The summed E-state index contributed by atoms with van der Waals surface area (Å²) in [5.41, 5.74) is 5.75. The highest BCUT2D eigenvalue weighted by atomic mass is 35.5. The maximum Gasteiger partial charge on any atom is 0.219 e. The topological polar surface area (TPSA) is 64.1 Å². The van der Waals surface area contributed by atoms with E-state index >= 15 is 0 Å². The van der Waals surface area contributed by atoms with Crippen LogP contribution in [0.1, 0.15) is 27.8 Å². The van der Waals surface area contributed by atoms with Crippen LogP contribution in [0.2, 0.25) is 15.1 Å². The smallest absolute Gasteiger partial charge is 0.219 e. The van der Waals surface area contributed by atoms with E-state index in [9.17, 15) is 4.79 Å². The molecule has 0 spiro atoms. The minimum Gasteiger partial charge on any atom is -0.489 e. The van der Waals surface area contributed by atoms with Crippen molar-refractivity contribution >= 4 is 46.8 Å². The minimum atomic E-state index is 0.330. The fourth-order valence-electron chi connectivity index (χ4n) is 5.69. The first kappa shape index (κ1) is 35.3. The summed E-state index contributed by atoms with van der Waals surface area (Å²) >= 11 is 19.0. The lowest BCUT2D eigenvalue weighted by molar-refractivity contribution is -0.104. The number of carbonyl (C=O) groups is 1. The molecule has 2 heterocycles. The van der Waals surface area contributed by atoms with Crippen molar-refractivity contribution in [3.8, 4) is 23.1 Å². The van der Waals surface area contributed by atoms with Crippen LogP contribution in [0, 0.1) is 6.92 Å². The first-order chi connectivity index (χ1) is 24.3. The normalized spacial score (nSPS) is 13.6. The van der Waals surface area contributed by atoms with Crippen molar-refractivity contribution in [3.05, 3.63) is 152 Å². The van der Waals surface area contributed by atoms with E-state index in [2.05, 4.69) is 39.0 Å². The molecule has 1 aromatic heterocycles. The van der Waals surface area contributed by atoms with Gasteiger partial charge in [-0.1, -0.05) is 77.3 Å². The van der Waals surface area contributed by atoms with Gasteiger partial charge >= 0.3 is 0 Å². The second kappa shape index (κ2) is 16.9. The average Bonchev–Trinajstić information content (AvgIpc) is 3.13. The van der Waals surface area contributed by atoms with Gasteiger partial charge in [-0.3, -0.25) is 9.69 Å². The number of aldehydes is 1. The third-order valence-electron chi connectivity index (χ3n) is 8.38. The molecule has 6 rings (SSSR count). The molecular weight excluding hydrogens is 693 g/mol. The number of benzene rings is 4. The number of allylic oxidation sites excluding steroid dienone is 1. The number of aryl methyl sites for hydroxylation is 1. The van der Waals surface area contributed by atoms with E-state index in [1.54, 1.807) is 24.4 Å². The Morgan fingerprint density at radius 1 is 0.780 bits per heavy atom. The van der Waals surface area contributed by atoms with Crippen molar-refractivity contribution in [2.24, 2.45) is 0 Å². The minimum absolute atomic E-state index is 0.330. The zero-order valence-corrected chi connectivity index (χ0v) is 29.8. The molecule has 0 amide bonds. The lowest BCUT2D eigenvalue weighted by Gasteiger charge is -2.37. The Balaban J connectivity index is 1.02. The van der Waals surface area contributed by atoms with Gasteiger partial charge in [0.05, 0.1) is 11.2 Å². The van der Waals surface area contributed by atoms with Crippen LogP contribution in [0.15, 0.2) is 109 Å². The first-order valence-electron chi connectivity index (χ1n) is 16.2. The molecule has 0 bridgehead atoms. The second-order valence-corrected chi connectivity index (χ2v) is 13.2. The van der Waals surface area contributed by atoms with Crippen LogP contribution >= 0.6 is 34.8 Å². The van der Waals surface area contributed by atoms with Crippen molar-refractivity contribution in [3.63, 3.8) is 0 Å². The Labute approximate surface area is 307 Å². The summed E-state index contributed by atoms with van der Waals surface area (Å²) in [5.74, 6) is 2.27. The monoisotopic (exact) mass is 727 g/mol. The second-order valence-electron chi connectivity index (χ2n) is 11.9. The zero-order valence-electron chi connectivity index (χ0n) is 27.5. The molecule has 1 saturated heterocycles. The van der Waals surface area contributed by atoms with Crippen LogP contribution in [0.3, 0.4) is 0 Å². The summed E-state index contributed by atoms with van der Waals surface area (Å²) in [7, 11) is 0. The average molecular weight is 729 g/mol. The molecule has 0 atom stereocenters. The van der Waals surface area contributed by atoms with Gasteiger partial charge < -0.3 is 19.1 Å². The van der Waals surface area contributed by atoms with E-state index in [-0.39, 0.29) is 0 Å². The van der Waals surface area contributed by atoms with Crippen LogP contribution in [-0.4, -0.2) is 47.2 Å². The molecule has 256 valence electrons. The summed E-state index contributed by atoms with van der Waals surface area (Å²) in [6, 6.07) is 30.8. The number of nitrogens with zero attached hydrogens (tertiary/aromatic N) is 3. The number of pyridine rings is 1. The van der Waals surface area contributed by atoms with Gasteiger partial charge in [-0.15, -0.1) is 0 Å². The van der Waals surface area contributed by atoms with Crippen LogP contribution < -0.4 is 14.2 Å². The summed E-state index contributed by atoms with van der Waals surface area (Å²) < 4.78 is 17.8. The molecule has 1 aliphatic heterocycles. The fraction of sp³-hybridized carbons (Fsp3) is 0.200. The van der Waals surface area contributed by atoms with E-state index in [4.69, 9.17) is 49.0 Å². The lowest BCUT2D eigenvalue weighted by atomic mass is 10.1. The Morgan fingerprint density at radius 3 is 2.16 bits per heavy atom. The van der Waals surface area contributed by atoms with Crippen molar-refractivity contribution in [2.45, 2.75) is 26.7 Å². The Morgan fingerprint density at radius 2 is 1.48 bits per heavy atom. The lowest BCUT2D eigenvalue weighted by Crippen LogP contribution is -2.45. The predicted octanol–water partition coefficient (Wildman–Crippen LogP) is 9.66. The van der Waals surface area contributed by atoms with Crippen molar-refractivity contribution in [2.75, 3.05) is 26.2 Å². The van der Waals surface area contributed by atoms with Gasteiger partial charge in [0.15, 0.2) is 5.75 Å².